The number of halogens is 3. The van der Waals surface area contributed by atoms with Gasteiger partial charge in [0, 0.05) is 26.2 Å². The first-order valence-corrected chi connectivity index (χ1v) is 7.07. The number of ether oxygens (including phenoxy) is 2. The SMILES string of the molecule is COCCN(CC1CCCN1)C(=O)CCOCC(F)(F)F. The fourth-order valence-electron chi connectivity index (χ4n) is 2.20. The van der Waals surface area contributed by atoms with Crippen molar-refractivity contribution in [2.45, 2.75) is 31.5 Å². The number of methoxy groups -OCH3 is 1. The van der Waals surface area contributed by atoms with Crippen molar-refractivity contribution >= 4 is 5.91 Å². The summed E-state index contributed by atoms with van der Waals surface area (Å²) in [6.07, 6.45) is -2.33. The molecule has 1 aliphatic heterocycles. The van der Waals surface area contributed by atoms with Gasteiger partial charge in [0.05, 0.1) is 19.6 Å². The van der Waals surface area contributed by atoms with Crippen LogP contribution in [-0.2, 0) is 14.3 Å². The molecule has 124 valence electrons. The molecular weight excluding hydrogens is 289 g/mol. The zero-order valence-corrected chi connectivity index (χ0v) is 12.2. The standard InChI is InChI=1S/C13H23F3N2O3/c1-20-8-6-18(9-11-3-2-5-17-11)12(19)4-7-21-10-13(14,15)16/h11,17H,2-10H2,1H3. The fourth-order valence-corrected chi connectivity index (χ4v) is 2.20. The molecule has 1 rings (SSSR count). The highest BCUT2D eigenvalue weighted by Gasteiger charge is 2.27. The van der Waals surface area contributed by atoms with Gasteiger partial charge in [-0.05, 0) is 19.4 Å². The van der Waals surface area contributed by atoms with Crippen molar-refractivity contribution in [1.82, 2.24) is 10.2 Å². The monoisotopic (exact) mass is 312 g/mol. The fraction of sp³-hybridized carbons (Fsp3) is 0.923. The predicted molar refractivity (Wildman–Crippen MR) is 71.0 cm³/mol. The molecule has 1 amide bonds. The summed E-state index contributed by atoms with van der Waals surface area (Å²) >= 11 is 0. The third-order valence-electron chi connectivity index (χ3n) is 3.25. The van der Waals surface area contributed by atoms with E-state index in [9.17, 15) is 18.0 Å². The molecule has 0 bridgehead atoms. The smallest absolute Gasteiger partial charge is 0.383 e. The lowest BCUT2D eigenvalue weighted by atomic mass is 10.2. The molecule has 0 aliphatic carbocycles. The van der Waals surface area contributed by atoms with Gasteiger partial charge < -0.3 is 19.7 Å². The largest absolute Gasteiger partial charge is 0.411 e. The van der Waals surface area contributed by atoms with E-state index in [4.69, 9.17) is 4.74 Å². The van der Waals surface area contributed by atoms with Gasteiger partial charge in [-0.15, -0.1) is 0 Å². The third-order valence-corrected chi connectivity index (χ3v) is 3.25. The summed E-state index contributed by atoms with van der Waals surface area (Å²) < 4.78 is 45.2. The van der Waals surface area contributed by atoms with Crippen molar-refractivity contribution in [3.63, 3.8) is 0 Å². The Morgan fingerprint density at radius 3 is 2.71 bits per heavy atom. The number of hydrogen-bond acceptors (Lipinski definition) is 4. The van der Waals surface area contributed by atoms with Crippen LogP contribution in [0.15, 0.2) is 0 Å². The average Bonchev–Trinajstić information content (AvgIpc) is 2.91. The first kappa shape index (κ1) is 18.2. The molecule has 0 aromatic rings. The number of alkyl halides is 3. The predicted octanol–water partition coefficient (Wildman–Crippen LogP) is 1.18. The number of nitrogens with one attached hydrogen (secondary N) is 1. The molecule has 0 aromatic heterocycles. The Morgan fingerprint density at radius 1 is 1.38 bits per heavy atom. The maximum Gasteiger partial charge on any atom is 0.411 e. The van der Waals surface area contributed by atoms with Gasteiger partial charge in [0.15, 0.2) is 0 Å². The van der Waals surface area contributed by atoms with Crippen LogP contribution in [-0.4, -0.2) is 69.6 Å². The Bertz CT molecular complexity index is 308. The zero-order valence-electron chi connectivity index (χ0n) is 12.2. The van der Waals surface area contributed by atoms with E-state index in [-0.39, 0.29) is 25.0 Å². The highest BCUT2D eigenvalue weighted by atomic mass is 19.4. The Hall–Kier alpha value is -0.860. The lowest BCUT2D eigenvalue weighted by Gasteiger charge is -2.25. The van der Waals surface area contributed by atoms with Gasteiger partial charge in [-0.2, -0.15) is 13.2 Å². The maximum absolute atomic E-state index is 12.0. The molecule has 1 saturated heterocycles. The average molecular weight is 312 g/mol. The summed E-state index contributed by atoms with van der Waals surface area (Å²) in [5.74, 6) is -0.206. The summed E-state index contributed by atoms with van der Waals surface area (Å²) in [6.45, 7) is 0.796. The van der Waals surface area contributed by atoms with E-state index in [1.807, 2.05) is 0 Å². The van der Waals surface area contributed by atoms with Gasteiger partial charge in [0.1, 0.15) is 6.61 Å². The van der Waals surface area contributed by atoms with E-state index in [0.29, 0.717) is 19.7 Å². The van der Waals surface area contributed by atoms with Crippen molar-refractivity contribution in [1.29, 1.82) is 0 Å². The van der Waals surface area contributed by atoms with Crippen molar-refractivity contribution < 1.29 is 27.4 Å². The van der Waals surface area contributed by atoms with E-state index < -0.39 is 12.8 Å². The Balaban J connectivity index is 2.32. The van der Waals surface area contributed by atoms with Crippen LogP contribution in [0.4, 0.5) is 13.2 Å². The normalized spacial score (nSPS) is 19.0. The van der Waals surface area contributed by atoms with Crippen LogP contribution in [0.3, 0.4) is 0 Å². The van der Waals surface area contributed by atoms with Gasteiger partial charge in [0.25, 0.3) is 0 Å². The number of nitrogens with zero attached hydrogens (tertiary/aromatic N) is 1. The minimum absolute atomic E-state index is 0.0491. The van der Waals surface area contributed by atoms with Gasteiger partial charge in [-0.1, -0.05) is 0 Å². The van der Waals surface area contributed by atoms with E-state index in [1.165, 1.54) is 0 Å². The first-order valence-electron chi connectivity index (χ1n) is 7.07. The third kappa shape index (κ3) is 8.23. The summed E-state index contributed by atoms with van der Waals surface area (Å²) in [5, 5.41) is 3.29. The summed E-state index contributed by atoms with van der Waals surface area (Å²) in [6, 6.07) is 0.252. The minimum Gasteiger partial charge on any atom is -0.383 e. The molecule has 1 aliphatic rings. The molecule has 0 aromatic carbocycles. The van der Waals surface area contributed by atoms with Crippen LogP contribution in [0.5, 0.6) is 0 Å². The molecule has 21 heavy (non-hydrogen) atoms. The summed E-state index contributed by atoms with van der Waals surface area (Å²) in [7, 11) is 1.54. The molecule has 1 N–H and O–H groups in total. The van der Waals surface area contributed by atoms with E-state index >= 15 is 0 Å². The molecule has 5 nitrogen and oxygen atoms in total. The quantitative estimate of drug-likeness (QED) is 0.650. The van der Waals surface area contributed by atoms with Crippen LogP contribution >= 0.6 is 0 Å². The van der Waals surface area contributed by atoms with Gasteiger partial charge >= 0.3 is 6.18 Å². The number of hydrogen-bond donors (Lipinski definition) is 1. The van der Waals surface area contributed by atoms with E-state index in [0.717, 1.165) is 19.4 Å². The Morgan fingerprint density at radius 2 is 2.14 bits per heavy atom. The second-order valence-electron chi connectivity index (χ2n) is 5.04. The summed E-state index contributed by atoms with van der Waals surface area (Å²) in [5.41, 5.74) is 0. The topological polar surface area (TPSA) is 50.8 Å². The molecule has 1 fully saturated rings. The molecule has 0 saturated carbocycles. The second kappa shape index (κ2) is 9.22. The lowest BCUT2D eigenvalue weighted by molar-refractivity contribution is -0.175. The van der Waals surface area contributed by atoms with Crippen molar-refractivity contribution in [3.05, 3.63) is 0 Å². The molecular formula is C13H23F3N2O3. The molecule has 1 heterocycles. The molecule has 8 heteroatoms. The van der Waals surface area contributed by atoms with Crippen molar-refractivity contribution in [3.8, 4) is 0 Å². The van der Waals surface area contributed by atoms with Gasteiger partial charge in [-0.25, -0.2) is 0 Å². The number of carbonyl (C=O) groups is 1. The summed E-state index contributed by atoms with van der Waals surface area (Å²) in [4.78, 5) is 13.7. The number of rotatable bonds is 9. The maximum atomic E-state index is 12.0. The highest BCUT2D eigenvalue weighted by Crippen LogP contribution is 2.14. The van der Waals surface area contributed by atoms with Crippen LogP contribution in [0, 0.1) is 0 Å². The van der Waals surface area contributed by atoms with Crippen LogP contribution in [0.25, 0.3) is 0 Å². The molecule has 1 atom stereocenters. The molecule has 0 spiro atoms. The van der Waals surface area contributed by atoms with Gasteiger partial charge in [0.2, 0.25) is 5.91 Å². The highest BCUT2D eigenvalue weighted by molar-refractivity contribution is 5.76. The van der Waals surface area contributed by atoms with E-state index in [2.05, 4.69) is 10.1 Å². The minimum atomic E-state index is -4.35. The Kier molecular flexibility index (Phi) is 7.98. The van der Waals surface area contributed by atoms with Crippen LogP contribution < -0.4 is 5.32 Å². The molecule has 0 radical (unpaired) electrons. The number of amides is 1. The van der Waals surface area contributed by atoms with E-state index in [1.54, 1.807) is 12.0 Å². The van der Waals surface area contributed by atoms with Gasteiger partial charge in [-0.3, -0.25) is 4.79 Å². The van der Waals surface area contributed by atoms with Crippen LogP contribution in [0.1, 0.15) is 19.3 Å². The molecule has 1 unspecified atom stereocenters. The lowest BCUT2D eigenvalue weighted by Crippen LogP contribution is -2.43. The zero-order chi connectivity index (χ0) is 15.7. The number of carbonyl (C=O) groups excluding carboxylic acids is 1. The first-order chi connectivity index (χ1) is 9.92. The van der Waals surface area contributed by atoms with Crippen molar-refractivity contribution in [2.75, 3.05) is 46.6 Å². The van der Waals surface area contributed by atoms with Crippen LogP contribution in [0.2, 0.25) is 0 Å². The van der Waals surface area contributed by atoms with Crippen molar-refractivity contribution in [2.24, 2.45) is 0 Å². The Labute approximate surface area is 122 Å². The second-order valence-corrected chi connectivity index (χ2v) is 5.04.